The van der Waals surface area contributed by atoms with Crippen LogP contribution >= 0.6 is 0 Å². The van der Waals surface area contributed by atoms with E-state index in [1.807, 2.05) is 0 Å². The van der Waals surface area contributed by atoms with Gasteiger partial charge in [-0.15, -0.1) is 0 Å². The van der Waals surface area contributed by atoms with Crippen molar-refractivity contribution < 1.29 is 14.1 Å². The Morgan fingerprint density at radius 2 is 2.06 bits per heavy atom. The Morgan fingerprint density at radius 1 is 1.28 bits per heavy atom. The van der Waals surface area contributed by atoms with Crippen molar-refractivity contribution in [3.8, 4) is 0 Å². The number of benzene rings is 1. The fraction of sp³-hybridized carbons (Fsp3) is 0.417. The van der Waals surface area contributed by atoms with Crippen LogP contribution in [0.3, 0.4) is 0 Å². The lowest BCUT2D eigenvalue weighted by molar-refractivity contribution is -0.385. The van der Waals surface area contributed by atoms with E-state index in [1.165, 1.54) is 17.0 Å². The number of anilines is 1. The highest BCUT2D eigenvalue weighted by atomic mass is 19.1. The zero-order chi connectivity index (χ0) is 13.1. The Kier molecular flexibility index (Phi) is 3.55. The van der Waals surface area contributed by atoms with Gasteiger partial charge in [0.25, 0.3) is 5.69 Å². The van der Waals surface area contributed by atoms with E-state index in [0.717, 1.165) is 25.3 Å². The lowest BCUT2D eigenvalue weighted by Gasteiger charge is -2.20. The molecule has 2 rings (SSSR count). The number of amides is 1. The van der Waals surface area contributed by atoms with E-state index in [2.05, 4.69) is 0 Å². The second-order valence-corrected chi connectivity index (χ2v) is 4.25. The molecule has 1 aromatic rings. The third kappa shape index (κ3) is 2.47. The summed E-state index contributed by atoms with van der Waals surface area (Å²) in [6.07, 6.45) is 2.97. The van der Waals surface area contributed by atoms with Gasteiger partial charge in [0, 0.05) is 19.0 Å². The molecule has 0 saturated carbocycles. The quantitative estimate of drug-likeness (QED) is 0.600. The fourth-order valence-electron chi connectivity index (χ4n) is 2.07. The molecular formula is C12H13FN2O3. The van der Waals surface area contributed by atoms with E-state index in [4.69, 9.17) is 0 Å². The van der Waals surface area contributed by atoms with E-state index in [0.29, 0.717) is 13.0 Å². The maximum Gasteiger partial charge on any atom is 0.272 e. The first-order chi connectivity index (χ1) is 8.59. The number of carbonyl (C=O) groups excluding carboxylic acids is 1. The lowest BCUT2D eigenvalue weighted by Crippen LogP contribution is -2.30. The maximum atomic E-state index is 13.8. The summed E-state index contributed by atoms with van der Waals surface area (Å²) >= 11 is 0. The number of carbonyl (C=O) groups is 1. The SMILES string of the molecule is O=C1CCCCCN1c1ccc([N+](=O)[O-])cc1F. The van der Waals surface area contributed by atoms with Crippen molar-refractivity contribution in [2.75, 3.05) is 11.4 Å². The predicted octanol–water partition coefficient (Wildman–Crippen LogP) is 2.64. The zero-order valence-corrected chi connectivity index (χ0v) is 9.76. The van der Waals surface area contributed by atoms with Crippen molar-refractivity contribution in [1.82, 2.24) is 0 Å². The van der Waals surface area contributed by atoms with Crippen molar-refractivity contribution in [2.24, 2.45) is 0 Å². The van der Waals surface area contributed by atoms with Gasteiger partial charge in [-0.3, -0.25) is 14.9 Å². The summed E-state index contributed by atoms with van der Waals surface area (Å²) < 4.78 is 13.8. The van der Waals surface area contributed by atoms with Crippen LogP contribution < -0.4 is 4.90 Å². The highest BCUT2D eigenvalue weighted by Gasteiger charge is 2.22. The number of non-ortho nitro benzene ring substituents is 1. The molecule has 5 nitrogen and oxygen atoms in total. The fourth-order valence-corrected chi connectivity index (χ4v) is 2.07. The number of hydrogen-bond acceptors (Lipinski definition) is 3. The minimum atomic E-state index is -0.723. The van der Waals surface area contributed by atoms with Crippen LogP contribution in [0.15, 0.2) is 18.2 Å². The Bertz CT molecular complexity index is 490. The number of nitrogens with zero attached hydrogens (tertiary/aromatic N) is 2. The van der Waals surface area contributed by atoms with Gasteiger partial charge in [-0.05, 0) is 18.9 Å². The highest BCUT2D eigenvalue weighted by Crippen LogP contribution is 2.26. The van der Waals surface area contributed by atoms with Crippen molar-refractivity contribution in [1.29, 1.82) is 0 Å². The molecule has 0 radical (unpaired) electrons. The molecule has 0 atom stereocenters. The summed E-state index contributed by atoms with van der Waals surface area (Å²) in [7, 11) is 0. The summed E-state index contributed by atoms with van der Waals surface area (Å²) in [5.74, 6) is -0.847. The van der Waals surface area contributed by atoms with Crippen LogP contribution in [0.2, 0.25) is 0 Å². The summed E-state index contributed by atoms with van der Waals surface area (Å²) in [4.78, 5) is 23.1. The standard InChI is InChI=1S/C12H13FN2O3/c13-10-8-9(15(17)18)5-6-11(10)14-7-3-1-2-4-12(14)16/h5-6,8H,1-4,7H2. The third-order valence-electron chi connectivity index (χ3n) is 3.01. The summed E-state index contributed by atoms with van der Waals surface area (Å²) in [5.41, 5.74) is -0.175. The van der Waals surface area contributed by atoms with Gasteiger partial charge in [0.2, 0.25) is 5.91 Å². The van der Waals surface area contributed by atoms with Gasteiger partial charge in [-0.1, -0.05) is 6.42 Å². The zero-order valence-electron chi connectivity index (χ0n) is 9.76. The number of nitro benzene ring substituents is 1. The lowest BCUT2D eigenvalue weighted by atomic mass is 10.2. The topological polar surface area (TPSA) is 63.5 Å². The molecule has 18 heavy (non-hydrogen) atoms. The third-order valence-corrected chi connectivity index (χ3v) is 3.01. The van der Waals surface area contributed by atoms with Crippen LogP contribution in [0.1, 0.15) is 25.7 Å². The predicted molar refractivity (Wildman–Crippen MR) is 63.9 cm³/mol. The molecule has 0 spiro atoms. The maximum absolute atomic E-state index is 13.8. The molecule has 0 aromatic heterocycles. The van der Waals surface area contributed by atoms with Crippen LogP contribution in [-0.4, -0.2) is 17.4 Å². The number of rotatable bonds is 2. The highest BCUT2D eigenvalue weighted by molar-refractivity contribution is 5.93. The van der Waals surface area contributed by atoms with E-state index in [1.54, 1.807) is 0 Å². The molecular weight excluding hydrogens is 239 g/mol. The number of halogens is 1. The Hall–Kier alpha value is -1.98. The smallest absolute Gasteiger partial charge is 0.272 e. The molecule has 0 N–H and O–H groups in total. The molecule has 0 unspecified atom stereocenters. The summed E-state index contributed by atoms with van der Waals surface area (Å²) in [6.45, 7) is 0.466. The first-order valence-corrected chi connectivity index (χ1v) is 5.84. The van der Waals surface area contributed by atoms with E-state index >= 15 is 0 Å². The van der Waals surface area contributed by atoms with Crippen molar-refractivity contribution in [3.63, 3.8) is 0 Å². The molecule has 1 saturated heterocycles. The van der Waals surface area contributed by atoms with Gasteiger partial charge in [0.15, 0.2) is 5.82 Å². The summed E-state index contributed by atoms with van der Waals surface area (Å²) in [6, 6.07) is 3.38. The van der Waals surface area contributed by atoms with Gasteiger partial charge >= 0.3 is 0 Å². The second-order valence-electron chi connectivity index (χ2n) is 4.25. The van der Waals surface area contributed by atoms with Crippen LogP contribution in [0.25, 0.3) is 0 Å². The van der Waals surface area contributed by atoms with Crippen LogP contribution in [0, 0.1) is 15.9 Å². The molecule has 1 amide bonds. The van der Waals surface area contributed by atoms with Gasteiger partial charge in [0.1, 0.15) is 0 Å². The van der Waals surface area contributed by atoms with Crippen molar-refractivity contribution >= 4 is 17.3 Å². The molecule has 0 bridgehead atoms. The van der Waals surface area contributed by atoms with Crippen LogP contribution in [0.5, 0.6) is 0 Å². The molecule has 1 aromatic carbocycles. The molecule has 0 aliphatic carbocycles. The van der Waals surface area contributed by atoms with Crippen molar-refractivity contribution in [2.45, 2.75) is 25.7 Å². The largest absolute Gasteiger partial charge is 0.310 e. The first-order valence-electron chi connectivity index (χ1n) is 5.84. The van der Waals surface area contributed by atoms with Gasteiger partial charge in [-0.25, -0.2) is 4.39 Å². The molecule has 6 heteroatoms. The average Bonchev–Trinajstić information content (AvgIpc) is 2.54. The van der Waals surface area contributed by atoms with Gasteiger partial charge in [0.05, 0.1) is 16.7 Å². The van der Waals surface area contributed by atoms with E-state index in [9.17, 15) is 19.3 Å². The van der Waals surface area contributed by atoms with Gasteiger partial charge in [-0.2, -0.15) is 0 Å². The van der Waals surface area contributed by atoms with Crippen LogP contribution in [0.4, 0.5) is 15.8 Å². The molecule has 1 aliphatic heterocycles. The average molecular weight is 252 g/mol. The Balaban J connectivity index is 2.32. The van der Waals surface area contributed by atoms with Crippen LogP contribution in [-0.2, 0) is 4.79 Å². The summed E-state index contributed by atoms with van der Waals surface area (Å²) in [5, 5.41) is 10.5. The van der Waals surface area contributed by atoms with Crippen molar-refractivity contribution in [3.05, 3.63) is 34.1 Å². The van der Waals surface area contributed by atoms with E-state index < -0.39 is 10.7 Å². The number of hydrogen-bond donors (Lipinski definition) is 0. The minimum Gasteiger partial charge on any atom is -0.310 e. The molecule has 96 valence electrons. The van der Waals surface area contributed by atoms with E-state index in [-0.39, 0.29) is 17.3 Å². The monoisotopic (exact) mass is 252 g/mol. The second kappa shape index (κ2) is 5.12. The minimum absolute atomic E-state index is 0.125. The molecule has 1 heterocycles. The molecule has 1 fully saturated rings. The van der Waals surface area contributed by atoms with Gasteiger partial charge < -0.3 is 4.90 Å². The first kappa shape index (κ1) is 12.5. The Labute approximate surface area is 103 Å². The molecule has 1 aliphatic rings. The normalized spacial score (nSPS) is 16.5. The Morgan fingerprint density at radius 3 is 2.72 bits per heavy atom. The number of nitro groups is 1.